The molecule has 0 heterocycles. The van der Waals surface area contributed by atoms with Crippen LogP contribution in [0.4, 0.5) is 0 Å². The smallest absolute Gasteiger partial charge is 0.241 e. The number of benzene rings is 2. The molecule has 0 aromatic heterocycles. The minimum atomic E-state index is -0.667. The van der Waals surface area contributed by atoms with E-state index in [2.05, 4.69) is 19.2 Å². The first-order valence-electron chi connectivity index (χ1n) is 7.87. The van der Waals surface area contributed by atoms with Crippen molar-refractivity contribution in [2.24, 2.45) is 11.7 Å². The van der Waals surface area contributed by atoms with Gasteiger partial charge in [0, 0.05) is 12.1 Å². The van der Waals surface area contributed by atoms with Gasteiger partial charge in [0.05, 0.1) is 6.61 Å². The van der Waals surface area contributed by atoms with Gasteiger partial charge in [-0.2, -0.15) is 0 Å². The van der Waals surface area contributed by atoms with Gasteiger partial charge in [-0.15, -0.1) is 12.4 Å². The standard InChI is InChI=1S/C19H24N2O2.ClH/c1-14(2)13-23-17-11-7-6-10-16(17)12-21-19(22)18(20)15-8-4-3-5-9-15;/h3-11,14,18H,12-13,20H2,1-2H3,(H,21,22);1H. The largest absolute Gasteiger partial charge is 0.493 e. The summed E-state index contributed by atoms with van der Waals surface area (Å²) in [6.45, 7) is 5.24. The van der Waals surface area contributed by atoms with Crippen molar-refractivity contribution in [1.29, 1.82) is 0 Å². The molecule has 2 aromatic rings. The fraction of sp³-hybridized carbons (Fsp3) is 0.316. The molecule has 0 bridgehead atoms. The third-order valence-electron chi connectivity index (χ3n) is 3.44. The molecular weight excluding hydrogens is 324 g/mol. The molecule has 2 rings (SSSR count). The number of nitrogens with one attached hydrogen (secondary N) is 1. The third kappa shape index (κ3) is 5.87. The molecule has 0 fully saturated rings. The number of halogens is 1. The summed E-state index contributed by atoms with van der Waals surface area (Å²) in [6, 6.07) is 16.4. The van der Waals surface area contributed by atoms with Crippen molar-refractivity contribution in [1.82, 2.24) is 5.32 Å². The molecule has 24 heavy (non-hydrogen) atoms. The highest BCUT2D eigenvalue weighted by Gasteiger charge is 2.15. The topological polar surface area (TPSA) is 64.3 Å². The lowest BCUT2D eigenvalue weighted by Crippen LogP contribution is -2.33. The van der Waals surface area contributed by atoms with E-state index < -0.39 is 6.04 Å². The highest BCUT2D eigenvalue weighted by molar-refractivity contribution is 5.85. The number of rotatable bonds is 7. The van der Waals surface area contributed by atoms with Crippen LogP contribution >= 0.6 is 12.4 Å². The SMILES string of the molecule is CC(C)COc1ccccc1CNC(=O)C(N)c1ccccc1.Cl. The Balaban J connectivity index is 0.00000288. The molecule has 0 saturated carbocycles. The fourth-order valence-corrected chi connectivity index (χ4v) is 2.15. The number of carbonyl (C=O) groups excluding carboxylic acids is 1. The molecule has 0 radical (unpaired) electrons. The van der Waals surface area contributed by atoms with Crippen LogP contribution in [-0.4, -0.2) is 12.5 Å². The Morgan fingerprint density at radius 1 is 1.08 bits per heavy atom. The van der Waals surface area contributed by atoms with Gasteiger partial charge >= 0.3 is 0 Å². The van der Waals surface area contributed by atoms with Gasteiger partial charge in [0.2, 0.25) is 5.91 Å². The average molecular weight is 349 g/mol. The van der Waals surface area contributed by atoms with Crippen molar-refractivity contribution in [3.63, 3.8) is 0 Å². The second-order valence-corrected chi connectivity index (χ2v) is 5.92. The maximum Gasteiger partial charge on any atom is 0.241 e. The molecule has 1 unspecified atom stereocenters. The van der Waals surface area contributed by atoms with E-state index in [0.29, 0.717) is 19.1 Å². The number of amides is 1. The van der Waals surface area contributed by atoms with Gasteiger partial charge in [0.25, 0.3) is 0 Å². The predicted octanol–water partition coefficient (Wildman–Crippen LogP) is 3.46. The Bertz CT molecular complexity index is 632. The molecule has 130 valence electrons. The second-order valence-electron chi connectivity index (χ2n) is 5.92. The van der Waals surface area contributed by atoms with E-state index in [1.807, 2.05) is 54.6 Å². The van der Waals surface area contributed by atoms with Crippen molar-refractivity contribution < 1.29 is 9.53 Å². The van der Waals surface area contributed by atoms with Crippen molar-refractivity contribution in [2.45, 2.75) is 26.4 Å². The van der Waals surface area contributed by atoms with E-state index in [4.69, 9.17) is 10.5 Å². The summed E-state index contributed by atoms with van der Waals surface area (Å²) in [5.41, 5.74) is 7.74. The predicted molar refractivity (Wildman–Crippen MR) is 99.2 cm³/mol. The lowest BCUT2D eigenvalue weighted by Gasteiger charge is -2.15. The van der Waals surface area contributed by atoms with Crippen LogP contribution < -0.4 is 15.8 Å². The minimum absolute atomic E-state index is 0. The molecular formula is C19H25ClN2O2. The van der Waals surface area contributed by atoms with Crippen LogP contribution in [0, 0.1) is 5.92 Å². The summed E-state index contributed by atoms with van der Waals surface area (Å²) < 4.78 is 5.79. The zero-order valence-electron chi connectivity index (χ0n) is 14.1. The molecule has 4 nitrogen and oxygen atoms in total. The molecule has 0 aliphatic carbocycles. The highest BCUT2D eigenvalue weighted by Crippen LogP contribution is 2.19. The first-order valence-corrected chi connectivity index (χ1v) is 7.87. The number of para-hydroxylation sites is 1. The summed E-state index contributed by atoms with van der Waals surface area (Å²) in [6.07, 6.45) is 0. The Morgan fingerprint density at radius 3 is 2.38 bits per heavy atom. The van der Waals surface area contributed by atoms with Crippen LogP contribution in [0.5, 0.6) is 5.75 Å². The molecule has 3 N–H and O–H groups in total. The van der Waals surface area contributed by atoms with Crippen LogP contribution in [0.1, 0.15) is 31.0 Å². The molecule has 2 aromatic carbocycles. The van der Waals surface area contributed by atoms with Gasteiger partial charge in [0.1, 0.15) is 11.8 Å². The van der Waals surface area contributed by atoms with E-state index in [1.165, 1.54) is 0 Å². The summed E-state index contributed by atoms with van der Waals surface area (Å²) in [7, 11) is 0. The van der Waals surface area contributed by atoms with Gasteiger partial charge in [-0.05, 0) is 17.5 Å². The van der Waals surface area contributed by atoms with Crippen LogP contribution in [0.2, 0.25) is 0 Å². The lowest BCUT2D eigenvalue weighted by atomic mass is 10.1. The number of hydrogen-bond acceptors (Lipinski definition) is 3. The Morgan fingerprint density at radius 2 is 1.71 bits per heavy atom. The quantitative estimate of drug-likeness (QED) is 0.805. The third-order valence-corrected chi connectivity index (χ3v) is 3.44. The van der Waals surface area contributed by atoms with E-state index in [0.717, 1.165) is 16.9 Å². The van der Waals surface area contributed by atoms with Gasteiger partial charge in [-0.1, -0.05) is 62.4 Å². The summed E-state index contributed by atoms with van der Waals surface area (Å²) in [5.74, 6) is 1.05. The summed E-state index contributed by atoms with van der Waals surface area (Å²) >= 11 is 0. The number of nitrogens with two attached hydrogens (primary N) is 1. The molecule has 0 saturated heterocycles. The normalized spacial score (nSPS) is 11.5. The van der Waals surface area contributed by atoms with Crippen LogP contribution in [0.15, 0.2) is 54.6 Å². The highest BCUT2D eigenvalue weighted by atomic mass is 35.5. The monoisotopic (exact) mass is 348 g/mol. The molecule has 0 aliphatic heterocycles. The van der Waals surface area contributed by atoms with Gasteiger partial charge in [-0.25, -0.2) is 0 Å². The fourth-order valence-electron chi connectivity index (χ4n) is 2.15. The maximum atomic E-state index is 12.2. The number of ether oxygens (including phenoxy) is 1. The maximum absolute atomic E-state index is 12.2. The van der Waals surface area contributed by atoms with E-state index >= 15 is 0 Å². The van der Waals surface area contributed by atoms with E-state index in [9.17, 15) is 4.79 Å². The van der Waals surface area contributed by atoms with Crippen LogP contribution in [-0.2, 0) is 11.3 Å². The second kappa shape index (κ2) is 9.96. The Kier molecular flexibility index (Phi) is 8.30. The van der Waals surface area contributed by atoms with Gasteiger partial charge < -0.3 is 15.8 Å². The van der Waals surface area contributed by atoms with Crippen molar-refractivity contribution >= 4 is 18.3 Å². The zero-order valence-corrected chi connectivity index (χ0v) is 14.9. The Hall–Kier alpha value is -2.04. The number of carbonyl (C=O) groups is 1. The first-order chi connectivity index (χ1) is 11.1. The molecule has 5 heteroatoms. The van der Waals surface area contributed by atoms with Crippen molar-refractivity contribution in [3.05, 3.63) is 65.7 Å². The van der Waals surface area contributed by atoms with Crippen molar-refractivity contribution in [3.8, 4) is 5.75 Å². The molecule has 1 atom stereocenters. The van der Waals surface area contributed by atoms with Crippen molar-refractivity contribution in [2.75, 3.05) is 6.61 Å². The van der Waals surface area contributed by atoms with Crippen LogP contribution in [0.25, 0.3) is 0 Å². The molecule has 1 amide bonds. The summed E-state index contributed by atoms with van der Waals surface area (Å²) in [4.78, 5) is 12.2. The molecule has 0 spiro atoms. The van der Waals surface area contributed by atoms with Gasteiger partial charge in [0.15, 0.2) is 0 Å². The zero-order chi connectivity index (χ0) is 16.7. The van der Waals surface area contributed by atoms with Crippen LogP contribution in [0.3, 0.4) is 0 Å². The Labute approximate surface area is 149 Å². The lowest BCUT2D eigenvalue weighted by molar-refractivity contribution is -0.122. The van der Waals surface area contributed by atoms with Gasteiger partial charge in [-0.3, -0.25) is 4.79 Å². The number of hydrogen-bond donors (Lipinski definition) is 2. The van der Waals surface area contributed by atoms with E-state index in [1.54, 1.807) is 0 Å². The summed E-state index contributed by atoms with van der Waals surface area (Å²) in [5, 5.41) is 2.88. The average Bonchev–Trinajstić information content (AvgIpc) is 2.58. The minimum Gasteiger partial charge on any atom is -0.493 e. The first kappa shape index (κ1) is 20.0. The van der Waals surface area contributed by atoms with E-state index in [-0.39, 0.29) is 18.3 Å². The molecule has 0 aliphatic rings.